The molecule has 0 aromatic heterocycles. The monoisotopic (exact) mass is 332 g/mol. The Morgan fingerprint density at radius 1 is 1.43 bits per heavy atom. The van der Waals surface area contributed by atoms with E-state index < -0.39 is 15.8 Å². The smallest absolute Gasteiger partial charge is 0.240 e. The second kappa shape index (κ2) is 6.64. The van der Waals surface area contributed by atoms with E-state index in [0.29, 0.717) is 18.7 Å². The van der Waals surface area contributed by atoms with Gasteiger partial charge in [-0.1, -0.05) is 0 Å². The van der Waals surface area contributed by atoms with Crippen LogP contribution in [0, 0.1) is 5.82 Å². The summed E-state index contributed by atoms with van der Waals surface area (Å²) in [6, 6.07) is 3.90. The van der Waals surface area contributed by atoms with Crippen molar-refractivity contribution in [2.45, 2.75) is 36.0 Å². The van der Waals surface area contributed by atoms with Crippen LogP contribution in [0.5, 0.6) is 0 Å². The van der Waals surface area contributed by atoms with Crippen molar-refractivity contribution < 1.29 is 12.8 Å². The van der Waals surface area contributed by atoms with Crippen LogP contribution < -0.4 is 10.0 Å². The van der Waals surface area contributed by atoms with Crippen molar-refractivity contribution in [1.82, 2.24) is 10.0 Å². The van der Waals surface area contributed by atoms with Crippen LogP contribution in [0.1, 0.15) is 25.3 Å². The van der Waals surface area contributed by atoms with Crippen molar-refractivity contribution in [3.05, 3.63) is 29.6 Å². The van der Waals surface area contributed by atoms with Gasteiger partial charge in [0.05, 0.1) is 4.90 Å². The number of thioether (sulfide) groups is 1. The Bertz CT molecular complexity index is 599. The lowest BCUT2D eigenvalue weighted by atomic mass is 10.1. The predicted octanol–water partition coefficient (Wildman–Crippen LogP) is 2.11. The summed E-state index contributed by atoms with van der Waals surface area (Å²) in [5.41, 5.74) is 0.349. The number of nitrogens with one attached hydrogen (secondary N) is 2. The second-order valence-electron chi connectivity index (χ2n) is 5.51. The molecular formula is C14H21FN2O2S2. The molecule has 1 saturated heterocycles. The summed E-state index contributed by atoms with van der Waals surface area (Å²) in [5.74, 6) is 0.669. The molecule has 0 saturated carbocycles. The molecular weight excluding hydrogens is 311 g/mol. The molecule has 0 radical (unpaired) electrons. The molecule has 2 rings (SSSR count). The summed E-state index contributed by atoms with van der Waals surface area (Å²) >= 11 is 1.80. The highest BCUT2D eigenvalue weighted by molar-refractivity contribution is 8.01. The minimum Gasteiger partial charge on any atom is -0.316 e. The normalized spacial score (nSPS) is 22.6. The second-order valence-corrected chi connectivity index (χ2v) is 8.96. The van der Waals surface area contributed by atoms with Crippen LogP contribution in [0.25, 0.3) is 0 Å². The van der Waals surface area contributed by atoms with E-state index in [1.165, 1.54) is 18.2 Å². The summed E-state index contributed by atoms with van der Waals surface area (Å²) in [5, 5.41) is 2.83. The van der Waals surface area contributed by atoms with Gasteiger partial charge in [-0.25, -0.2) is 17.5 Å². The Balaban J connectivity index is 2.13. The van der Waals surface area contributed by atoms with Gasteiger partial charge in [0.15, 0.2) is 0 Å². The van der Waals surface area contributed by atoms with Gasteiger partial charge < -0.3 is 5.32 Å². The minimum absolute atomic E-state index is 0.0408. The third-order valence-electron chi connectivity index (χ3n) is 3.63. The Morgan fingerprint density at radius 2 is 2.19 bits per heavy atom. The number of hydrogen-bond acceptors (Lipinski definition) is 4. The van der Waals surface area contributed by atoms with Gasteiger partial charge >= 0.3 is 0 Å². The Labute approximate surface area is 129 Å². The average Bonchev–Trinajstić information content (AvgIpc) is 2.87. The molecule has 2 N–H and O–H groups in total. The van der Waals surface area contributed by atoms with E-state index in [9.17, 15) is 12.8 Å². The Kier molecular flexibility index (Phi) is 5.29. The molecule has 0 amide bonds. The maximum atomic E-state index is 13.6. The topological polar surface area (TPSA) is 58.2 Å². The fourth-order valence-corrected chi connectivity index (χ4v) is 4.91. The highest BCUT2D eigenvalue weighted by Gasteiger charge is 2.31. The van der Waals surface area contributed by atoms with Crippen LogP contribution in [0.15, 0.2) is 23.1 Å². The maximum absolute atomic E-state index is 13.6. The molecule has 0 bridgehead atoms. The summed E-state index contributed by atoms with van der Waals surface area (Å²) in [6.45, 7) is 2.77. The maximum Gasteiger partial charge on any atom is 0.240 e. The number of hydrogen-bond donors (Lipinski definition) is 2. The Hall–Kier alpha value is -0.630. The molecule has 4 nitrogen and oxygen atoms in total. The first-order chi connectivity index (χ1) is 9.86. The van der Waals surface area contributed by atoms with E-state index in [0.717, 1.165) is 18.6 Å². The van der Waals surface area contributed by atoms with Gasteiger partial charge in [-0.2, -0.15) is 11.8 Å². The molecule has 1 aromatic carbocycles. The Morgan fingerprint density at radius 3 is 2.81 bits per heavy atom. The van der Waals surface area contributed by atoms with Crippen molar-refractivity contribution >= 4 is 21.8 Å². The highest BCUT2D eigenvalue weighted by atomic mass is 32.2. The largest absolute Gasteiger partial charge is 0.316 e. The highest BCUT2D eigenvalue weighted by Crippen LogP contribution is 2.37. The van der Waals surface area contributed by atoms with Crippen molar-refractivity contribution in [3.63, 3.8) is 0 Å². The molecule has 1 aliphatic rings. The standard InChI is InChI=1S/C14H21FN2O2S2/c1-14(6-3-7-20-14)10-17-21(18,19)12-4-5-13(15)11(8-12)9-16-2/h4-5,8,16-17H,3,6-7,9-10H2,1-2H3. The first-order valence-electron chi connectivity index (χ1n) is 6.93. The van der Waals surface area contributed by atoms with Gasteiger partial charge in [0.1, 0.15) is 5.82 Å². The summed E-state index contributed by atoms with van der Waals surface area (Å²) in [6.07, 6.45) is 2.13. The molecule has 1 atom stereocenters. The van der Waals surface area contributed by atoms with Crippen LogP contribution in [0.3, 0.4) is 0 Å². The van der Waals surface area contributed by atoms with Crippen molar-refractivity contribution in [3.8, 4) is 0 Å². The van der Waals surface area contributed by atoms with E-state index in [1.54, 1.807) is 18.8 Å². The van der Waals surface area contributed by atoms with E-state index in [-0.39, 0.29) is 9.64 Å². The van der Waals surface area contributed by atoms with Crippen molar-refractivity contribution in [2.75, 3.05) is 19.3 Å². The third kappa shape index (κ3) is 4.18. The lowest BCUT2D eigenvalue weighted by Crippen LogP contribution is -2.36. The summed E-state index contributed by atoms with van der Waals surface area (Å²) in [4.78, 5) is 0.112. The molecule has 0 spiro atoms. The fourth-order valence-electron chi connectivity index (χ4n) is 2.35. The van der Waals surface area contributed by atoms with Gasteiger partial charge in [0.2, 0.25) is 10.0 Å². The van der Waals surface area contributed by atoms with Crippen LogP contribution in [-0.2, 0) is 16.6 Å². The number of benzene rings is 1. The van der Waals surface area contributed by atoms with E-state index in [4.69, 9.17) is 0 Å². The van der Waals surface area contributed by atoms with Gasteiger partial charge in [-0.05, 0) is 50.8 Å². The minimum atomic E-state index is -3.60. The van der Waals surface area contributed by atoms with Gasteiger partial charge in [0.25, 0.3) is 0 Å². The summed E-state index contributed by atoms with van der Waals surface area (Å²) < 4.78 is 40.9. The van der Waals surface area contributed by atoms with E-state index in [2.05, 4.69) is 17.0 Å². The van der Waals surface area contributed by atoms with E-state index >= 15 is 0 Å². The lowest BCUT2D eigenvalue weighted by molar-refractivity contribution is 0.551. The van der Waals surface area contributed by atoms with Gasteiger partial charge in [0, 0.05) is 23.4 Å². The number of rotatable bonds is 6. The molecule has 21 heavy (non-hydrogen) atoms. The zero-order valence-corrected chi connectivity index (χ0v) is 13.9. The number of sulfonamides is 1. The molecule has 1 heterocycles. The quantitative estimate of drug-likeness (QED) is 0.838. The fraction of sp³-hybridized carbons (Fsp3) is 0.571. The van der Waals surface area contributed by atoms with Crippen LogP contribution in [0.4, 0.5) is 4.39 Å². The molecule has 1 fully saturated rings. The summed E-state index contributed by atoms with van der Waals surface area (Å²) in [7, 11) is -1.91. The van der Waals surface area contributed by atoms with Crippen LogP contribution in [-0.4, -0.2) is 32.5 Å². The van der Waals surface area contributed by atoms with Crippen molar-refractivity contribution in [2.24, 2.45) is 0 Å². The van der Waals surface area contributed by atoms with Crippen LogP contribution in [0.2, 0.25) is 0 Å². The first kappa shape index (κ1) is 16.7. The zero-order valence-electron chi connectivity index (χ0n) is 12.3. The zero-order chi connectivity index (χ0) is 15.5. The molecule has 118 valence electrons. The predicted molar refractivity (Wildman–Crippen MR) is 84.4 cm³/mol. The SMILES string of the molecule is CNCc1cc(S(=O)(=O)NCC2(C)CCCS2)ccc1F. The lowest BCUT2D eigenvalue weighted by Gasteiger charge is -2.22. The molecule has 1 aromatic rings. The molecule has 0 aliphatic carbocycles. The van der Waals surface area contributed by atoms with Crippen molar-refractivity contribution in [1.29, 1.82) is 0 Å². The van der Waals surface area contributed by atoms with E-state index in [1.807, 2.05) is 0 Å². The molecule has 7 heteroatoms. The molecule has 1 aliphatic heterocycles. The number of halogens is 1. The van der Waals surface area contributed by atoms with Gasteiger partial charge in [-0.3, -0.25) is 0 Å². The first-order valence-corrected chi connectivity index (χ1v) is 9.40. The van der Waals surface area contributed by atoms with Crippen LogP contribution >= 0.6 is 11.8 Å². The molecule has 1 unspecified atom stereocenters. The van der Waals surface area contributed by atoms with Gasteiger partial charge in [-0.15, -0.1) is 0 Å². The average molecular weight is 332 g/mol. The third-order valence-corrected chi connectivity index (χ3v) is 6.57.